The Hall–Kier alpha value is -1.84. The molecule has 0 amide bonds. The van der Waals surface area contributed by atoms with E-state index in [9.17, 15) is 9.18 Å². The van der Waals surface area contributed by atoms with Crippen molar-refractivity contribution in [3.63, 3.8) is 0 Å². The molecule has 0 aliphatic heterocycles. The van der Waals surface area contributed by atoms with Crippen LogP contribution in [-0.2, 0) is 0 Å². The third-order valence-electron chi connectivity index (χ3n) is 2.91. The minimum Gasteiger partial charge on any atom is -0.298 e. The molecule has 0 bridgehead atoms. The maximum atomic E-state index is 13.5. The molecule has 1 aliphatic rings. The quantitative estimate of drug-likeness (QED) is 0.824. The van der Waals surface area contributed by atoms with Gasteiger partial charge in [-0.2, -0.15) is 0 Å². The van der Waals surface area contributed by atoms with E-state index in [1.54, 1.807) is 24.4 Å². The number of halogens is 1. The number of H-pyrrole nitrogens is 1. The molecule has 0 unspecified atom stereocenters. The number of hydrogen-bond acceptors (Lipinski definition) is 1. The first-order valence-corrected chi connectivity index (χ1v) is 5.32. The number of aromatic nitrogens is 2. The predicted octanol–water partition coefficient (Wildman–Crippen LogP) is 2.18. The fourth-order valence-corrected chi connectivity index (χ4v) is 1.88. The number of benzene rings is 1. The van der Waals surface area contributed by atoms with Crippen molar-refractivity contribution in [2.24, 2.45) is 0 Å². The highest BCUT2D eigenvalue weighted by Crippen LogP contribution is 2.38. The van der Waals surface area contributed by atoms with Crippen molar-refractivity contribution < 1.29 is 4.39 Å². The Bertz CT molecular complexity index is 581. The number of nitrogens with zero attached hydrogens (tertiary/aromatic N) is 1. The normalized spacial score (nSPS) is 15.3. The van der Waals surface area contributed by atoms with Crippen LogP contribution >= 0.6 is 0 Å². The molecule has 1 heterocycles. The second-order valence-electron chi connectivity index (χ2n) is 4.10. The summed E-state index contributed by atoms with van der Waals surface area (Å²) in [6, 6.07) is 6.25. The Morgan fingerprint density at radius 2 is 2.06 bits per heavy atom. The van der Waals surface area contributed by atoms with Gasteiger partial charge in [-0.05, 0) is 30.9 Å². The van der Waals surface area contributed by atoms with Crippen molar-refractivity contribution in [3.05, 3.63) is 52.2 Å². The Balaban J connectivity index is 2.13. The molecule has 16 heavy (non-hydrogen) atoms. The van der Waals surface area contributed by atoms with Crippen LogP contribution in [0.15, 0.2) is 35.3 Å². The van der Waals surface area contributed by atoms with Crippen LogP contribution in [-0.4, -0.2) is 9.78 Å². The topological polar surface area (TPSA) is 37.8 Å². The van der Waals surface area contributed by atoms with E-state index in [0.29, 0.717) is 5.92 Å². The highest BCUT2D eigenvalue weighted by molar-refractivity contribution is 5.34. The Labute approximate surface area is 91.5 Å². The van der Waals surface area contributed by atoms with Crippen LogP contribution in [0.25, 0.3) is 5.69 Å². The molecule has 82 valence electrons. The third-order valence-corrected chi connectivity index (χ3v) is 2.91. The zero-order valence-corrected chi connectivity index (χ0v) is 8.61. The van der Waals surface area contributed by atoms with E-state index >= 15 is 0 Å². The summed E-state index contributed by atoms with van der Waals surface area (Å²) in [6.45, 7) is 0. The molecule has 0 spiro atoms. The molecule has 0 atom stereocenters. The lowest BCUT2D eigenvalue weighted by molar-refractivity contribution is 0.608. The average molecular weight is 218 g/mol. The number of aromatic amines is 1. The predicted molar refractivity (Wildman–Crippen MR) is 58.3 cm³/mol. The van der Waals surface area contributed by atoms with Gasteiger partial charge in [-0.15, -0.1) is 0 Å². The lowest BCUT2D eigenvalue weighted by atomic mass is 10.2. The van der Waals surface area contributed by atoms with Crippen molar-refractivity contribution in [1.29, 1.82) is 0 Å². The van der Waals surface area contributed by atoms with Crippen LogP contribution < -0.4 is 5.56 Å². The minimum atomic E-state index is -0.395. The van der Waals surface area contributed by atoms with Crippen LogP contribution in [0.1, 0.15) is 24.3 Å². The first kappa shape index (κ1) is 9.39. The van der Waals surface area contributed by atoms with E-state index in [1.165, 1.54) is 10.7 Å². The Kier molecular flexibility index (Phi) is 1.96. The molecule has 3 rings (SSSR count). The summed E-state index contributed by atoms with van der Waals surface area (Å²) in [5, 5.41) is 2.82. The molecule has 1 fully saturated rings. The van der Waals surface area contributed by atoms with E-state index in [4.69, 9.17) is 0 Å². The maximum Gasteiger partial charge on any atom is 0.274 e. The number of hydrogen-bond donors (Lipinski definition) is 1. The average Bonchev–Trinajstić information content (AvgIpc) is 3.05. The molecule has 1 saturated carbocycles. The second kappa shape index (κ2) is 3.33. The molecule has 1 aromatic carbocycles. The number of nitrogens with one attached hydrogen (secondary N) is 1. The standard InChI is InChI=1S/C12H11FN2O/c13-10-3-1-2-4-11(10)15-12(16)9(7-14-15)8-5-6-8/h1-4,7-8,14H,5-6H2. The van der Waals surface area contributed by atoms with E-state index < -0.39 is 5.82 Å². The maximum absolute atomic E-state index is 13.5. The molecule has 0 radical (unpaired) electrons. The van der Waals surface area contributed by atoms with Gasteiger partial charge < -0.3 is 0 Å². The monoisotopic (exact) mass is 218 g/mol. The number of rotatable bonds is 2. The lowest BCUT2D eigenvalue weighted by Gasteiger charge is -2.01. The summed E-state index contributed by atoms with van der Waals surface area (Å²) in [7, 11) is 0. The summed E-state index contributed by atoms with van der Waals surface area (Å²) in [4.78, 5) is 12.0. The molecule has 3 nitrogen and oxygen atoms in total. The summed E-state index contributed by atoms with van der Waals surface area (Å²) in [5.74, 6) is -0.0226. The fraction of sp³-hybridized carbons (Fsp3) is 0.250. The van der Waals surface area contributed by atoms with Gasteiger partial charge in [-0.1, -0.05) is 12.1 Å². The fourth-order valence-electron chi connectivity index (χ4n) is 1.88. The first-order valence-electron chi connectivity index (χ1n) is 5.32. The van der Waals surface area contributed by atoms with Crippen molar-refractivity contribution in [2.45, 2.75) is 18.8 Å². The third kappa shape index (κ3) is 1.38. The van der Waals surface area contributed by atoms with Gasteiger partial charge in [0, 0.05) is 11.8 Å². The van der Waals surface area contributed by atoms with Crippen LogP contribution in [0.3, 0.4) is 0 Å². The smallest absolute Gasteiger partial charge is 0.274 e. The van der Waals surface area contributed by atoms with Crippen molar-refractivity contribution in [3.8, 4) is 5.69 Å². The molecule has 1 aromatic heterocycles. The first-order chi connectivity index (χ1) is 7.77. The van der Waals surface area contributed by atoms with Gasteiger partial charge in [0.25, 0.3) is 5.56 Å². The molecular formula is C12H11FN2O. The molecule has 1 N–H and O–H groups in total. The molecule has 4 heteroatoms. The van der Waals surface area contributed by atoms with Gasteiger partial charge in [-0.3, -0.25) is 9.89 Å². The lowest BCUT2D eigenvalue weighted by Crippen LogP contribution is -2.18. The van der Waals surface area contributed by atoms with Crippen LogP contribution in [0.4, 0.5) is 4.39 Å². The van der Waals surface area contributed by atoms with Crippen molar-refractivity contribution >= 4 is 0 Å². The van der Waals surface area contributed by atoms with E-state index in [2.05, 4.69) is 5.10 Å². The minimum absolute atomic E-state index is 0.132. The summed E-state index contributed by atoms with van der Waals surface area (Å²) < 4.78 is 14.8. The largest absolute Gasteiger partial charge is 0.298 e. The van der Waals surface area contributed by atoms with Gasteiger partial charge in [0.15, 0.2) is 0 Å². The molecule has 0 saturated heterocycles. The van der Waals surface area contributed by atoms with Gasteiger partial charge in [0.1, 0.15) is 11.5 Å². The van der Waals surface area contributed by atoms with Gasteiger partial charge >= 0.3 is 0 Å². The number of para-hydroxylation sites is 1. The Morgan fingerprint density at radius 1 is 1.31 bits per heavy atom. The highest BCUT2D eigenvalue weighted by atomic mass is 19.1. The zero-order chi connectivity index (χ0) is 11.1. The van der Waals surface area contributed by atoms with Gasteiger partial charge in [0.2, 0.25) is 0 Å². The zero-order valence-electron chi connectivity index (χ0n) is 8.61. The van der Waals surface area contributed by atoms with Gasteiger partial charge in [-0.25, -0.2) is 9.07 Å². The highest BCUT2D eigenvalue weighted by Gasteiger charge is 2.28. The summed E-state index contributed by atoms with van der Waals surface area (Å²) in [5.41, 5.74) is 0.912. The SMILES string of the molecule is O=c1c(C2CC2)c[nH]n1-c1ccccc1F. The summed E-state index contributed by atoms with van der Waals surface area (Å²) >= 11 is 0. The molecule has 2 aromatic rings. The van der Waals surface area contributed by atoms with Crippen molar-refractivity contribution in [1.82, 2.24) is 9.78 Å². The van der Waals surface area contributed by atoms with Crippen LogP contribution in [0.2, 0.25) is 0 Å². The molecular weight excluding hydrogens is 207 g/mol. The summed E-state index contributed by atoms with van der Waals surface area (Å²) in [6.07, 6.45) is 3.81. The Morgan fingerprint density at radius 3 is 2.75 bits per heavy atom. The molecule has 1 aliphatic carbocycles. The van der Waals surface area contributed by atoms with Crippen LogP contribution in [0, 0.1) is 5.82 Å². The van der Waals surface area contributed by atoms with E-state index in [0.717, 1.165) is 18.4 Å². The van der Waals surface area contributed by atoms with Gasteiger partial charge in [0.05, 0.1) is 0 Å². The second-order valence-corrected chi connectivity index (χ2v) is 4.10. The van der Waals surface area contributed by atoms with Crippen molar-refractivity contribution in [2.75, 3.05) is 0 Å². The van der Waals surface area contributed by atoms with E-state index in [1.807, 2.05) is 0 Å². The van der Waals surface area contributed by atoms with E-state index in [-0.39, 0.29) is 11.2 Å². The van der Waals surface area contributed by atoms with Crippen LogP contribution in [0.5, 0.6) is 0 Å².